The van der Waals surface area contributed by atoms with Crippen molar-refractivity contribution in [3.05, 3.63) is 59.7 Å². The molecule has 0 aliphatic rings. The van der Waals surface area contributed by atoms with Crippen LogP contribution >= 0.6 is 0 Å². The van der Waals surface area contributed by atoms with Crippen LogP contribution in [-0.4, -0.2) is 11.1 Å². The van der Waals surface area contributed by atoms with Crippen molar-refractivity contribution in [1.29, 1.82) is 0 Å². The molecule has 18 heavy (non-hydrogen) atoms. The van der Waals surface area contributed by atoms with E-state index in [1.165, 1.54) is 0 Å². The van der Waals surface area contributed by atoms with Crippen molar-refractivity contribution in [2.45, 2.75) is 6.54 Å². The Kier molecular flexibility index (Phi) is 3.48. The Morgan fingerprint density at radius 3 is 2.67 bits per heavy atom. The summed E-state index contributed by atoms with van der Waals surface area (Å²) in [6.45, 7) is 0.565. The molecule has 0 radical (unpaired) electrons. The van der Waals surface area contributed by atoms with Crippen LogP contribution in [0.15, 0.2) is 48.5 Å². The van der Waals surface area contributed by atoms with Crippen molar-refractivity contribution in [3.63, 3.8) is 0 Å². The van der Waals surface area contributed by atoms with E-state index in [-0.39, 0.29) is 5.56 Å². The van der Waals surface area contributed by atoms with E-state index in [9.17, 15) is 4.79 Å². The SMILES string of the molecule is Nc1ccccc1CNc1cccc(C(=O)O)c1. The van der Waals surface area contributed by atoms with Gasteiger partial charge in [0.05, 0.1) is 5.56 Å². The van der Waals surface area contributed by atoms with E-state index in [2.05, 4.69) is 5.32 Å². The summed E-state index contributed by atoms with van der Waals surface area (Å²) >= 11 is 0. The molecule has 92 valence electrons. The number of carbonyl (C=O) groups is 1. The van der Waals surface area contributed by atoms with Crippen LogP contribution in [0.1, 0.15) is 15.9 Å². The Labute approximate surface area is 105 Å². The number of anilines is 2. The van der Waals surface area contributed by atoms with E-state index in [0.717, 1.165) is 16.9 Å². The van der Waals surface area contributed by atoms with E-state index in [4.69, 9.17) is 10.8 Å². The van der Waals surface area contributed by atoms with Crippen molar-refractivity contribution >= 4 is 17.3 Å². The van der Waals surface area contributed by atoms with Crippen LogP contribution in [-0.2, 0) is 6.54 Å². The van der Waals surface area contributed by atoms with Gasteiger partial charge in [-0.15, -0.1) is 0 Å². The number of hydrogen-bond donors (Lipinski definition) is 3. The normalized spacial score (nSPS) is 10.0. The molecule has 2 aromatic carbocycles. The first-order valence-electron chi connectivity index (χ1n) is 5.57. The van der Waals surface area contributed by atoms with Crippen LogP contribution in [0.5, 0.6) is 0 Å². The standard InChI is InChI=1S/C14H14N2O2/c15-13-7-2-1-4-11(13)9-16-12-6-3-5-10(8-12)14(17)18/h1-8,16H,9,15H2,(H,17,18). The molecule has 0 amide bonds. The highest BCUT2D eigenvalue weighted by atomic mass is 16.4. The number of nitrogens with one attached hydrogen (secondary N) is 1. The minimum atomic E-state index is -0.933. The Morgan fingerprint density at radius 2 is 1.94 bits per heavy atom. The first kappa shape index (κ1) is 12.0. The second-order valence-corrected chi connectivity index (χ2v) is 3.94. The minimum Gasteiger partial charge on any atom is -0.478 e. The van der Waals surface area contributed by atoms with Gasteiger partial charge >= 0.3 is 5.97 Å². The Balaban J connectivity index is 2.09. The van der Waals surface area contributed by atoms with Gasteiger partial charge in [-0.05, 0) is 29.8 Å². The highest BCUT2D eigenvalue weighted by molar-refractivity contribution is 5.88. The molecule has 0 aliphatic heterocycles. The average molecular weight is 242 g/mol. The minimum absolute atomic E-state index is 0.265. The fourth-order valence-electron chi connectivity index (χ4n) is 1.65. The predicted octanol–water partition coefficient (Wildman–Crippen LogP) is 2.58. The molecule has 0 bridgehead atoms. The van der Waals surface area contributed by atoms with Gasteiger partial charge in [0.1, 0.15) is 0 Å². The van der Waals surface area contributed by atoms with Gasteiger partial charge in [-0.1, -0.05) is 24.3 Å². The van der Waals surface area contributed by atoms with Crippen LogP contribution in [0.2, 0.25) is 0 Å². The number of benzene rings is 2. The number of nitrogen functional groups attached to an aromatic ring is 1. The lowest BCUT2D eigenvalue weighted by Crippen LogP contribution is -2.04. The summed E-state index contributed by atoms with van der Waals surface area (Å²) in [6, 6.07) is 14.3. The summed E-state index contributed by atoms with van der Waals surface area (Å²) in [5.74, 6) is -0.933. The number of aromatic carboxylic acids is 1. The van der Waals surface area contributed by atoms with Crippen LogP contribution in [0.4, 0.5) is 11.4 Å². The maximum atomic E-state index is 10.8. The van der Waals surface area contributed by atoms with Crippen LogP contribution in [0.25, 0.3) is 0 Å². The summed E-state index contributed by atoms with van der Waals surface area (Å²) < 4.78 is 0. The molecule has 0 aromatic heterocycles. The third-order valence-corrected chi connectivity index (χ3v) is 2.65. The van der Waals surface area contributed by atoms with E-state index >= 15 is 0 Å². The van der Waals surface area contributed by atoms with Crippen molar-refractivity contribution in [3.8, 4) is 0 Å². The molecule has 4 nitrogen and oxygen atoms in total. The number of hydrogen-bond acceptors (Lipinski definition) is 3. The number of nitrogens with two attached hydrogens (primary N) is 1. The van der Waals surface area contributed by atoms with Crippen molar-refractivity contribution in [1.82, 2.24) is 0 Å². The summed E-state index contributed by atoms with van der Waals surface area (Å²) in [5, 5.41) is 12.0. The molecular formula is C14H14N2O2. The van der Waals surface area contributed by atoms with Crippen molar-refractivity contribution in [2.75, 3.05) is 11.1 Å². The molecule has 0 saturated carbocycles. The molecule has 0 unspecified atom stereocenters. The average Bonchev–Trinajstić information content (AvgIpc) is 2.38. The third kappa shape index (κ3) is 2.79. The van der Waals surface area contributed by atoms with Gasteiger partial charge in [-0.2, -0.15) is 0 Å². The van der Waals surface area contributed by atoms with Gasteiger partial charge in [0.25, 0.3) is 0 Å². The fraction of sp³-hybridized carbons (Fsp3) is 0.0714. The smallest absolute Gasteiger partial charge is 0.335 e. The number of para-hydroxylation sites is 1. The van der Waals surface area contributed by atoms with Crippen LogP contribution in [0.3, 0.4) is 0 Å². The topological polar surface area (TPSA) is 75.3 Å². The molecule has 4 heteroatoms. The first-order valence-corrected chi connectivity index (χ1v) is 5.57. The van der Waals surface area contributed by atoms with E-state index in [1.807, 2.05) is 30.3 Å². The maximum absolute atomic E-state index is 10.8. The Hall–Kier alpha value is -2.49. The highest BCUT2D eigenvalue weighted by Crippen LogP contribution is 2.15. The second-order valence-electron chi connectivity index (χ2n) is 3.94. The van der Waals surface area contributed by atoms with Crippen molar-refractivity contribution < 1.29 is 9.90 Å². The highest BCUT2D eigenvalue weighted by Gasteiger charge is 2.03. The summed E-state index contributed by atoms with van der Waals surface area (Å²) in [7, 11) is 0. The number of carboxylic acids is 1. The quantitative estimate of drug-likeness (QED) is 0.720. The van der Waals surface area contributed by atoms with Gasteiger partial charge in [0.15, 0.2) is 0 Å². The first-order chi connectivity index (χ1) is 8.66. The Morgan fingerprint density at radius 1 is 1.17 bits per heavy atom. The van der Waals surface area contributed by atoms with Gasteiger partial charge in [-0.3, -0.25) is 0 Å². The second kappa shape index (κ2) is 5.23. The summed E-state index contributed by atoms with van der Waals surface area (Å²) in [4.78, 5) is 10.8. The molecular weight excluding hydrogens is 228 g/mol. The third-order valence-electron chi connectivity index (χ3n) is 2.65. The summed E-state index contributed by atoms with van der Waals surface area (Å²) in [5.41, 5.74) is 8.56. The molecule has 0 aliphatic carbocycles. The zero-order chi connectivity index (χ0) is 13.0. The molecule has 0 spiro atoms. The molecule has 4 N–H and O–H groups in total. The molecule has 0 atom stereocenters. The molecule has 0 fully saturated rings. The largest absolute Gasteiger partial charge is 0.478 e. The van der Waals surface area contributed by atoms with E-state index in [0.29, 0.717) is 6.54 Å². The zero-order valence-electron chi connectivity index (χ0n) is 9.76. The number of carboxylic acid groups (broad SMARTS) is 1. The lowest BCUT2D eigenvalue weighted by molar-refractivity contribution is 0.0697. The number of rotatable bonds is 4. The van der Waals surface area contributed by atoms with Crippen molar-refractivity contribution in [2.24, 2.45) is 0 Å². The molecule has 0 saturated heterocycles. The lowest BCUT2D eigenvalue weighted by Gasteiger charge is -2.09. The zero-order valence-corrected chi connectivity index (χ0v) is 9.76. The molecule has 2 rings (SSSR count). The van der Waals surface area contributed by atoms with Gasteiger partial charge in [-0.25, -0.2) is 4.79 Å². The maximum Gasteiger partial charge on any atom is 0.335 e. The van der Waals surface area contributed by atoms with E-state index < -0.39 is 5.97 Å². The molecule has 2 aromatic rings. The lowest BCUT2D eigenvalue weighted by atomic mass is 10.1. The fourth-order valence-corrected chi connectivity index (χ4v) is 1.65. The Bertz CT molecular complexity index is 567. The molecule has 0 heterocycles. The van der Waals surface area contributed by atoms with Crippen LogP contribution in [0, 0.1) is 0 Å². The van der Waals surface area contributed by atoms with E-state index in [1.54, 1.807) is 18.2 Å². The predicted molar refractivity (Wildman–Crippen MR) is 71.6 cm³/mol. The van der Waals surface area contributed by atoms with Gasteiger partial charge in [0.2, 0.25) is 0 Å². The van der Waals surface area contributed by atoms with Gasteiger partial charge < -0.3 is 16.2 Å². The monoisotopic (exact) mass is 242 g/mol. The van der Waals surface area contributed by atoms with Crippen LogP contribution < -0.4 is 11.1 Å². The van der Waals surface area contributed by atoms with Gasteiger partial charge in [0, 0.05) is 17.9 Å². The summed E-state index contributed by atoms with van der Waals surface area (Å²) in [6.07, 6.45) is 0.